The molecule has 0 heterocycles. The number of aliphatic hydroxyl groups is 1. The van der Waals surface area contributed by atoms with E-state index >= 15 is 0 Å². The van der Waals surface area contributed by atoms with Gasteiger partial charge >= 0.3 is 0 Å². The van der Waals surface area contributed by atoms with Crippen molar-refractivity contribution in [3.63, 3.8) is 0 Å². The van der Waals surface area contributed by atoms with Gasteiger partial charge in [0.05, 0.1) is 19.3 Å². The van der Waals surface area contributed by atoms with E-state index in [4.69, 9.17) is 4.74 Å². The van der Waals surface area contributed by atoms with Gasteiger partial charge in [-0.15, -0.1) is 0 Å². The van der Waals surface area contributed by atoms with E-state index in [0.29, 0.717) is 25.6 Å². The van der Waals surface area contributed by atoms with Gasteiger partial charge in [-0.25, -0.2) is 0 Å². The van der Waals surface area contributed by atoms with Gasteiger partial charge < -0.3 is 14.6 Å². The van der Waals surface area contributed by atoms with Crippen molar-refractivity contribution in [3.8, 4) is 0 Å². The van der Waals surface area contributed by atoms with E-state index in [1.165, 1.54) is 0 Å². The SMILES string of the molecule is O=CC[C@H]1C(COCc2ccccc2)CC[C@H]1O. The minimum Gasteiger partial charge on any atom is -0.393 e. The molecular weight excluding hydrogens is 228 g/mol. The third kappa shape index (κ3) is 3.40. The van der Waals surface area contributed by atoms with Crippen LogP contribution >= 0.6 is 0 Å². The molecule has 0 aliphatic heterocycles. The smallest absolute Gasteiger partial charge is 0.120 e. The third-order valence-corrected chi connectivity index (χ3v) is 3.74. The fourth-order valence-corrected chi connectivity index (χ4v) is 2.70. The molecule has 1 unspecified atom stereocenters. The van der Waals surface area contributed by atoms with Crippen LogP contribution in [0.5, 0.6) is 0 Å². The second-order valence-corrected chi connectivity index (χ2v) is 4.97. The second kappa shape index (κ2) is 6.66. The number of rotatable bonds is 6. The zero-order chi connectivity index (χ0) is 12.8. The molecule has 0 saturated heterocycles. The number of ether oxygens (including phenoxy) is 1. The number of aliphatic hydroxyl groups excluding tert-OH is 1. The normalized spacial score (nSPS) is 27.3. The number of carbonyl (C=O) groups excluding carboxylic acids is 1. The highest BCUT2D eigenvalue weighted by atomic mass is 16.5. The molecule has 1 N–H and O–H groups in total. The maximum absolute atomic E-state index is 10.6. The van der Waals surface area contributed by atoms with Crippen molar-refractivity contribution in [2.75, 3.05) is 6.61 Å². The Hall–Kier alpha value is -1.19. The van der Waals surface area contributed by atoms with E-state index in [1.54, 1.807) is 0 Å². The highest BCUT2D eigenvalue weighted by Gasteiger charge is 2.34. The highest BCUT2D eigenvalue weighted by molar-refractivity contribution is 5.50. The molecule has 3 atom stereocenters. The summed E-state index contributed by atoms with van der Waals surface area (Å²) in [5, 5.41) is 9.79. The predicted molar refractivity (Wildman–Crippen MR) is 69.0 cm³/mol. The summed E-state index contributed by atoms with van der Waals surface area (Å²) >= 11 is 0. The van der Waals surface area contributed by atoms with Crippen LogP contribution in [-0.4, -0.2) is 24.1 Å². The van der Waals surface area contributed by atoms with E-state index < -0.39 is 0 Å². The van der Waals surface area contributed by atoms with Gasteiger partial charge in [-0.3, -0.25) is 0 Å². The third-order valence-electron chi connectivity index (χ3n) is 3.74. The van der Waals surface area contributed by atoms with Crippen molar-refractivity contribution in [3.05, 3.63) is 35.9 Å². The fourth-order valence-electron chi connectivity index (χ4n) is 2.70. The summed E-state index contributed by atoms with van der Waals surface area (Å²) in [4.78, 5) is 10.6. The number of hydrogen-bond donors (Lipinski definition) is 1. The van der Waals surface area contributed by atoms with Crippen LogP contribution in [0.4, 0.5) is 0 Å². The van der Waals surface area contributed by atoms with Gasteiger partial charge in [-0.1, -0.05) is 30.3 Å². The minimum absolute atomic E-state index is 0.0817. The molecule has 3 heteroatoms. The maximum atomic E-state index is 10.6. The van der Waals surface area contributed by atoms with Crippen LogP contribution in [0.25, 0.3) is 0 Å². The standard InChI is InChI=1S/C15H20O3/c16-9-8-14-13(6-7-15(14)17)11-18-10-12-4-2-1-3-5-12/h1-5,9,13-15,17H,6-8,10-11H2/t13?,14-,15+/m0/s1. The first-order valence-corrected chi connectivity index (χ1v) is 6.54. The molecule has 1 fully saturated rings. The van der Waals surface area contributed by atoms with Crippen molar-refractivity contribution < 1.29 is 14.6 Å². The molecular formula is C15H20O3. The molecule has 1 saturated carbocycles. The Kier molecular flexibility index (Phi) is 4.90. The van der Waals surface area contributed by atoms with Crippen LogP contribution < -0.4 is 0 Å². The molecule has 0 radical (unpaired) electrons. The number of benzene rings is 1. The Morgan fingerprint density at radius 3 is 2.78 bits per heavy atom. The van der Waals surface area contributed by atoms with Crippen LogP contribution in [0.1, 0.15) is 24.8 Å². The topological polar surface area (TPSA) is 46.5 Å². The average molecular weight is 248 g/mol. The number of aldehydes is 1. The number of carbonyl (C=O) groups is 1. The Morgan fingerprint density at radius 2 is 2.06 bits per heavy atom. The van der Waals surface area contributed by atoms with Crippen molar-refractivity contribution in [2.24, 2.45) is 11.8 Å². The quantitative estimate of drug-likeness (QED) is 0.785. The van der Waals surface area contributed by atoms with Gasteiger partial charge in [0.15, 0.2) is 0 Å². The first kappa shape index (κ1) is 13.2. The minimum atomic E-state index is -0.333. The number of hydrogen-bond acceptors (Lipinski definition) is 3. The highest BCUT2D eigenvalue weighted by Crippen LogP contribution is 2.34. The van der Waals surface area contributed by atoms with Crippen molar-refractivity contribution in [1.29, 1.82) is 0 Å². The van der Waals surface area contributed by atoms with Gasteiger partial charge in [0.25, 0.3) is 0 Å². The lowest BCUT2D eigenvalue weighted by Crippen LogP contribution is -2.22. The van der Waals surface area contributed by atoms with Gasteiger partial charge in [0.2, 0.25) is 0 Å². The maximum Gasteiger partial charge on any atom is 0.120 e. The molecule has 18 heavy (non-hydrogen) atoms. The van der Waals surface area contributed by atoms with E-state index in [2.05, 4.69) is 0 Å². The van der Waals surface area contributed by atoms with Crippen molar-refractivity contribution in [2.45, 2.75) is 32.0 Å². The Bertz CT molecular complexity index is 363. The lowest BCUT2D eigenvalue weighted by Gasteiger charge is -2.19. The lowest BCUT2D eigenvalue weighted by atomic mass is 9.93. The Morgan fingerprint density at radius 1 is 1.28 bits per heavy atom. The molecule has 0 amide bonds. The van der Waals surface area contributed by atoms with Crippen LogP contribution in [0.2, 0.25) is 0 Å². The average Bonchev–Trinajstić information content (AvgIpc) is 2.73. The molecule has 1 aliphatic rings. The summed E-state index contributed by atoms with van der Waals surface area (Å²) in [6.45, 7) is 1.23. The lowest BCUT2D eigenvalue weighted by molar-refractivity contribution is -0.109. The van der Waals surface area contributed by atoms with Gasteiger partial charge in [0.1, 0.15) is 6.29 Å². The van der Waals surface area contributed by atoms with E-state index in [9.17, 15) is 9.90 Å². The fraction of sp³-hybridized carbons (Fsp3) is 0.533. The second-order valence-electron chi connectivity index (χ2n) is 4.97. The summed E-state index contributed by atoms with van der Waals surface area (Å²) < 4.78 is 5.70. The summed E-state index contributed by atoms with van der Waals surface area (Å²) in [5.74, 6) is 0.396. The molecule has 1 aliphatic carbocycles. The predicted octanol–water partition coefficient (Wildman–Crippen LogP) is 2.18. The van der Waals surface area contributed by atoms with Crippen molar-refractivity contribution >= 4 is 6.29 Å². The molecule has 98 valence electrons. The summed E-state index contributed by atoms with van der Waals surface area (Å²) in [5.41, 5.74) is 1.16. The van der Waals surface area contributed by atoms with Crippen LogP contribution in [0, 0.1) is 11.8 Å². The van der Waals surface area contributed by atoms with E-state index in [0.717, 1.165) is 24.7 Å². The molecule has 0 spiro atoms. The first-order chi connectivity index (χ1) is 8.81. The van der Waals surface area contributed by atoms with E-state index in [1.807, 2.05) is 30.3 Å². The molecule has 2 rings (SSSR count). The first-order valence-electron chi connectivity index (χ1n) is 6.54. The Balaban J connectivity index is 1.77. The molecule has 0 bridgehead atoms. The zero-order valence-electron chi connectivity index (χ0n) is 10.5. The Labute approximate surface area is 108 Å². The molecule has 0 aromatic heterocycles. The monoisotopic (exact) mass is 248 g/mol. The van der Waals surface area contributed by atoms with Crippen LogP contribution in [0.3, 0.4) is 0 Å². The van der Waals surface area contributed by atoms with Gasteiger partial charge in [-0.05, 0) is 30.2 Å². The van der Waals surface area contributed by atoms with Crippen LogP contribution in [-0.2, 0) is 16.1 Å². The van der Waals surface area contributed by atoms with Crippen molar-refractivity contribution in [1.82, 2.24) is 0 Å². The zero-order valence-corrected chi connectivity index (χ0v) is 10.5. The summed E-state index contributed by atoms with van der Waals surface area (Å²) in [6.07, 6.45) is 2.76. The molecule has 3 nitrogen and oxygen atoms in total. The van der Waals surface area contributed by atoms with Gasteiger partial charge in [-0.2, -0.15) is 0 Å². The summed E-state index contributed by atoms with van der Waals surface area (Å²) in [7, 11) is 0. The summed E-state index contributed by atoms with van der Waals surface area (Å²) in [6, 6.07) is 10.0. The molecule has 1 aromatic rings. The molecule has 1 aromatic carbocycles. The van der Waals surface area contributed by atoms with Crippen LogP contribution in [0.15, 0.2) is 30.3 Å². The largest absolute Gasteiger partial charge is 0.393 e. The van der Waals surface area contributed by atoms with Gasteiger partial charge in [0, 0.05) is 6.42 Å². The van der Waals surface area contributed by atoms with E-state index in [-0.39, 0.29) is 12.0 Å².